The van der Waals surface area contributed by atoms with Gasteiger partial charge in [0.15, 0.2) is 0 Å². The quantitative estimate of drug-likeness (QED) is 0.340. The summed E-state index contributed by atoms with van der Waals surface area (Å²) in [6, 6.07) is 13.8. The Kier molecular flexibility index (Phi) is 4.66. The smallest absolute Gasteiger partial charge is 0.318 e. The first kappa shape index (κ1) is 19.2. The van der Waals surface area contributed by atoms with Gasteiger partial charge in [-0.15, -0.1) is 0 Å². The fourth-order valence-corrected chi connectivity index (χ4v) is 4.01. The summed E-state index contributed by atoms with van der Waals surface area (Å²) in [6.07, 6.45) is 6.61. The molecule has 0 unspecified atom stereocenters. The minimum absolute atomic E-state index is 0.639. The van der Waals surface area contributed by atoms with Crippen molar-refractivity contribution in [2.75, 3.05) is 0 Å². The van der Waals surface area contributed by atoms with Crippen molar-refractivity contribution in [3.05, 3.63) is 84.3 Å². The molecule has 156 valence electrons. The maximum atomic E-state index is 13.1. The zero-order valence-electron chi connectivity index (χ0n) is 17.1. The second-order valence-corrected chi connectivity index (χ2v) is 7.57. The van der Waals surface area contributed by atoms with Crippen molar-refractivity contribution in [1.82, 2.24) is 19.3 Å². The van der Waals surface area contributed by atoms with Crippen LogP contribution in [0.3, 0.4) is 0 Å². The molecule has 0 aliphatic heterocycles. The van der Waals surface area contributed by atoms with E-state index in [-0.39, 0.29) is 0 Å². The zero-order chi connectivity index (χ0) is 21.5. The number of nitrogens with zero attached hydrogens (tertiary/aromatic N) is 4. The minimum atomic E-state index is -2.58. The molecule has 0 atom stereocenters. The first-order valence-corrected chi connectivity index (χ1v) is 9.93. The van der Waals surface area contributed by atoms with Gasteiger partial charge in [-0.3, -0.25) is 9.55 Å². The molecule has 0 spiro atoms. The number of aryl methyl sites for hydroxylation is 2. The van der Waals surface area contributed by atoms with E-state index >= 15 is 0 Å². The van der Waals surface area contributed by atoms with Crippen molar-refractivity contribution in [3.8, 4) is 22.3 Å². The molecule has 0 saturated carbocycles. The van der Waals surface area contributed by atoms with Gasteiger partial charge in [0, 0.05) is 53.6 Å². The van der Waals surface area contributed by atoms with Gasteiger partial charge in [0.2, 0.25) is 0 Å². The van der Waals surface area contributed by atoms with Crippen molar-refractivity contribution in [2.24, 2.45) is 0 Å². The lowest BCUT2D eigenvalue weighted by molar-refractivity contribution is 0.0707. The summed E-state index contributed by atoms with van der Waals surface area (Å²) in [5, 5.41) is 4.05. The molecular weight excluding hydrogens is 398 g/mol. The van der Waals surface area contributed by atoms with Crippen LogP contribution in [0.15, 0.2) is 71.8 Å². The van der Waals surface area contributed by atoms with Crippen LogP contribution in [0, 0.1) is 13.8 Å². The Hall–Kier alpha value is -3.74. The summed E-state index contributed by atoms with van der Waals surface area (Å²) in [5.74, 6) is 0.731. The van der Waals surface area contributed by atoms with E-state index in [9.17, 15) is 8.78 Å². The predicted molar refractivity (Wildman–Crippen MR) is 115 cm³/mol. The molecule has 0 N–H and O–H groups in total. The molecule has 0 saturated heterocycles. The number of halogens is 2. The van der Waals surface area contributed by atoms with Crippen LogP contribution in [0.1, 0.15) is 23.6 Å². The average Bonchev–Trinajstić information content (AvgIpc) is 3.47. The van der Waals surface area contributed by atoms with Gasteiger partial charge in [0.25, 0.3) is 0 Å². The highest BCUT2D eigenvalue weighted by Gasteiger charge is 2.18. The van der Waals surface area contributed by atoms with Crippen LogP contribution in [-0.2, 0) is 6.54 Å². The summed E-state index contributed by atoms with van der Waals surface area (Å²) in [7, 11) is 0. The largest absolute Gasteiger partial charge is 0.361 e. The summed E-state index contributed by atoms with van der Waals surface area (Å²) < 4.78 is 34.6. The van der Waals surface area contributed by atoms with E-state index in [1.54, 1.807) is 12.3 Å². The van der Waals surface area contributed by atoms with E-state index in [0.717, 1.165) is 49.3 Å². The van der Waals surface area contributed by atoms with Gasteiger partial charge in [-0.05, 0) is 31.5 Å². The molecule has 0 fully saturated rings. The van der Waals surface area contributed by atoms with E-state index in [2.05, 4.69) is 27.9 Å². The van der Waals surface area contributed by atoms with E-state index in [1.807, 2.05) is 38.2 Å². The number of hydrogen-bond donors (Lipinski definition) is 0. The number of fused-ring (bicyclic) bond motifs is 1. The molecule has 0 aliphatic rings. The molecule has 0 bridgehead atoms. The molecule has 5 aromatic rings. The van der Waals surface area contributed by atoms with Gasteiger partial charge < -0.3 is 9.09 Å². The maximum Gasteiger partial charge on any atom is 0.318 e. The van der Waals surface area contributed by atoms with Gasteiger partial charge in [0.05, 0.1) is 16.7 Å². The van der Waals surface area contributed by atoms with E-state index < -0.39 is 6.55 Å². The lowest BCUT2D eigenvalue weighted by atomic mass is 10.1. The fourth-order valence-electron chi connectivity index (χ4n) is 4.01. The van der Waals surface area contributed by atoms with Gasteiger partial charge in [0.1, 0.15) is 5.76 Å². The highest BCUT2D eigenvalue weighted by molar-refractivity contribution is 5.95. The fraction of sp³-hybridized carbons (Fsp3) is 0.167. The van der Waals surface area contributed by atoms with Crippen LogP contribution in [0.2, 0.25) is 0 Å². The third kappa shape index (κ3) is 3.42. The molecule has 5 rings (SSSR count). The van der Waals surface area contributed by atoms with Gasteiger partial charge in [-0.2, -0.15) is 8.78 Å². The zero-order valence-corrected chi connectivity index (χ0v) is 17.1. The second kappa shape index (κ2) is 7.50. The highest BCUT2D eigenvalue weighted by atomic mass is 19.3. The Morgan fingerprint density at radius 2 is 1.84 bits per heavy atom. The van der Waals surface area contributed by atoms with Crippen molar-refractivity contribution in [3.63, 3.8) is 0 Å². The molecule has 4 aromatic heterocycles. The number of benzene rings is 1. The lowest BCUT2D eigenvalue weighted by Crippen LogP contribution is -1.98. The van der Waals surface area contributed by atoms with Crippen molar-refractivity contribution in [1.29, 1.82) is 0 Å². The maximum absolute atomic E-state index is 13.1. The van der Waals surface area contributed by atoms with Crippen molar-refractivity contribution < 1.29 is 13.3 Å². The molecule has 0 aliphatic carbocycles. The lowest BCUT2D eigenvalue weighted by Gasteiger charge is -2.07. The highest BCUT2D eigenvalue weighted by Crippen LogP contribution is 2.34. The Morgan fingerprint density at radius 3 is 2.52 bits per heavy atom. The Bertz CT molecular complexity index is 1350. The van der Waals surface area contributed by atoms with Crippen LogP contribution in [0.5, 0.6) is 0 Å². The van der Waals surface area contributed by atoms with E-state index in [1.165, 1.54) is 12.4 Å². The van der Waals surface area contributed by atoms with E-state index in [4.69, 9.17) is 9.51 Å². The van der Waals surface area contributed by atoms with Gasteiger partial charge >= 0.3 is 6.55 Å². The topological polar surface area (TPSA) is 48.8 Å². The molecule has 4 heterocycles. The molecule has 0 amide bonds. The number of rotatable bonds is 5. The average molecular weight is 418 g/mol. The molecule has 7 heteroatoms. The predicted octanol–water partition coefficient (Wildman–Crippen LogP) is 6.22. The van der Waals surface area contributed by atoms with Crippen LogP contribution in [0.25, 0.3) is 33.3 Å². The van der Waals surface area contributed by atoms with Crippen LogP contribution in [0.4, 0.5) is 8.78 Å². The number of aromatic nitrogens is 4. The molecule has 0 radical (unpaired) electrons. The van der Waals surface area contributed by atoms with Gasteiger partial charge in [-0.25, -0.2) is 0 Å². The minimum Gasteiger partial charge on any atom is -0.361 e. The third-order valence-electron chi connectivity index (χ3n) is 5.49. The SMILES string of the molecule is Cc1noc(C)c1-c1cnc2c(-c3ccn(C(F)F)c3)cn(Cc3ccccc3)c2c1. The molecular formula is C24H20F2N4O. The van der Waals surface area contributed by atoms with E-state index in [0.29, 0.717) is 12.1 Å². The van der Waals surface area contributed by atoms with Crippen molar-refractivity contribution >= 4 is 11.0 Å². The third-order valence-corrected chi connectivity index (χ3v) is 5.49. The number of pyridine rings is 1. The monoisotopic (exact) mass is 418 g/mol. The summed E-state index contributed by atoms with van der Waals surface area (Å²) in [4.78, 5) is 4.73. The molecule has 31 heavy (non-hydrogen) atoms. The summed E-state index contributed by atoms with van der Waals surface area (Å²) in [5.41, 5.74) is 6.97. The second-order valence-electron chi connectivity index (χ2n) is 7.57. The Labute approximate surface area is 177 Å². The summed E-state index contributed by atoms with van der Waals surface area (Å²) >= 11 is 0. The Morgan fingerprint density at radius 1 is 1.03 bits per heavy atom. The number of alkyl halides is 2. The van der Waals surface area contributed by atoms with Crippen LogP contribution >= 0.6 is 0 Å². The molecule has 1 aromatic carbocycles. The van der Waals surface area contributed by atoms with Crippen molar-refractivity contribution in [2.45, 2.75) is 26.9 Å². The first-order chi connectivity index (χ1) is 15.0. The standard InChI is InChI=1S/C24H20F2N4O/c1-15-22(16(2)31-28-15)19-10-21-23(27-11-19)20(18-8-9-29(13-18)24(25)26)14-30(21)12-17-6-4-3-5-7-17/h3-11,13-14,24H,12H2,1-2H3. The van der Waals surface area contributed by atoms with Crippen LogP contribution < -0.4 is 0 Å². The Balaban J connectivity index is 1.69. The number of hydrogen-bond acceptors (Lipinski definition) is 3. The normalized spacial score (nSPS) is 11.6. The molecule has 5 nitrogen and oxygen atoms in total. The first-order valence-electron chi connectivity index (χ1n) is 9.93. The van der Waals surface area contributed by atoms with Crippen LogP contribution in [-0.4, -0.2) is 19.3 Å². The summed E-state index contributed by atoms with van der Waals surface area (Å²) in [6.45, 7) is 1.84. The van der Waals surface area contributed by atoms with Gasteiger partial charge in [-0.1, -0.05) is 35.5 Å².